The molecule has 1 unspecified atom stereocenters. The third-order valence-corrected chi connectivity index (χ3v) is 5.78. The number of methoxy groups -OCH3 is 1. The Kier molecular flexibility index (Phi) is 6.46. The van der Waals surface area contributed by atoms with Crippen LogP contribution in [0.25, 0.3) is 5.78 Å². The van der Waals surface area contributed by atoms with E-state index in [0.29, 0.717) is 28.5 Å². The number of carbonyl (C=O) groups excluding carboxylic acids is 1. The highest BCUT2D eigenvalue weighted by Crippen LogP contribution is 2.30. The Labute approximate surface area is 199 Å². The van der Waals surface area contributed by atoms with Gasteiger partial charge >= 0.3 is 6.18 Å². The van der Waals surface area contributed by atoms with Crippen molar-refractivity contribution < 1.29 is 22.7 Å². The van der Waals surface area contributed by atoms with Gasteiger partial charge in [-0.1, -0.05) is 18.2 Å². The van der Waals surface area contributed by atoms with Crippen LogP contribution in [0.15, 0.2) is 36.7 Å². The third kappa shape index (κ3) is 4.81. The van der Waals surface area contributed by atoms with E-state index in [-0.39, 0.29) is 24.5 Å². The summed E-state index contributed by atoms with van der Waals surface area (Å²) >= 11 is 0. The second-order valence-corrected chi connectivity index (χ2v) is 8.04. The molecule has 1 amide bonds. The number of aryl methyl sites for hydroxylation is 3. The highest BCUT2D eigenvalue weighted by Gasteiger charge is 2.37. The molecule has 1 aromatic carbocycles. The molecular weight excluding hydrogens is 463 g/mol. The lowest BCUT2D eigenvalue weighted by Crippen LogP contribution is -2.31. The lowest BCUT2D eigenvalue weighted by atomic mass is 10.0. The summed E-state index contributed by atoms with van der Waals surface area (Å²) in [4.78, 5) is 25.1. The SMILES string of the molecule is COc1ccccc1C(NC(=O)CCc1c(C)nc2nc(C(F)(F)F)nn2c1C)c1nccn1C. The van der Waals surface area contributed by atoms with Crippen molar-refractivity contribution in [1.29, 1.82) is 0 Å². The van der Waals surface area contributed by atoms with Gasteiger partial charge < -0.3 is 14.6 Å². The molecule has 3 heterocycles. The summed E-state index contributed by atoms with van der Waals surface area (Å²) in [5, 5.41) is 6.57. The fourth-order valence-corrected chi connectivity index (χ4v) is 4.00. The summed E-state index contributed by atoms with van der Waals surface area (Å²) in [7, 11) is 3.39. The Morgan fingerprint density at radius 2 is 1.94 bits per heavy atom. The van der Waals surface area contributed by atoms with Gasteiger partial charge in [-0.25, -0.2) is 14.5 Å². The molecule has 0 aliphatic heterocycles. The minimum Gasteiger partial charge on any atom is -0.496 e. The molecule has 184 valence electrons. The number of hydrogen-bond acceptors (Lipinski definition) is 6. The standard InChI is InChI=1S/C23H24F3N7O2/c1-13-15(14(2)33-22(28-13)30-21(31-33)23(24,25)26)9-10-18(34)29-19(20-27-11-12-32(20)3)16-7-5-6-8-17(16)35-4/h5-8,11-12,19H,9-10H2,1-4H3,(H,29,34). The molecule has 0 fully saturated rings. The third-order valence-electron chi connectivity index (χ3n) is 5.78. The quantitative estimate of drug-likeness (QED) is 0.429. The summed E-state index contributed by atoms with van der Waals surface area (Å²) in [5.74, 6) is -0.421. The van der Waals surface area contributed by atoms with E-state index in [1.165, 1.54) is 0 Å². The number of nitrogens with one attached hydrogen (secondary N) is 1. The van der Waals surface area contributed by atoms with Crippen LogP contribution in [0.1, 0.15) is 46.6 Å². The first-order valence-electron chi connectivity index (χ1n) is 10.8. The van der Waals surface area contributed by atoms with Crippen LogP contribution in [-0.4, -0.2) is 42.2 Å². The van der Waals surface area contributed by atoms with Gasteiger partial charge in [-0.15, -0.1) is 5.10 Å². The average Bonchev–Trinajstić information content (AvgIpc) is 3.43. The van der Waals surface area contributed by atoms with E-state index >= 15 is 0 Å². The van der Waals surface area contributed by atoms with Crippen molar-refractivity contribution in [1.82, 2.24) is 34.4 Å². The largest absolute Gasteiger partial charge is 0.496 e. The predicted molar refractivity (Wildman–Crippen MR) is 120 cm³/mol. The molecule has 0 bridgehead atoms. The molecule has 0 aliphatic rings. The molecule has 3 aromatic heterocycles. The van der Waals surface area contributed by atoms with Gasteiger partial charge in [-0.05, 0) is 31.9 Å². The number of amides is 1. The van der Waals surface area contributed by atoms with E-state index in [1.54, 1.807) is 39.4 Å². The molecule has 0 radical (unpaired) electrons. The Morgan fingerprint density at radius 1 is 1.20 bits per heavy atom. The maximum atomic E-state index is 13.0. The highest BCUT2D eigenvalue weighted by atomic mass is 19.4. The number of para-hydroxylation sites is 1. The van der Waals surface area contributed by atoms with Crippen molar-refractivity contribution in [2.45, 2.75) is 38.9 Å². The van der Waals surface area contributed by atoms with E-state index in [0.717, 1.165) is 10.1 Å². The number of carbonyl (C=O) groups is 1. The van der Waals surface area contributed by atoms with Crippen LogP contribution in [0, 0.1) is 13.8 Å². The van der Waals surface area contributed by atoms with E-state index in [4.69, 9.17) is 4.74 Å². The number of halogens is 3. The monoisotopic (exact) mass is 487 g/mol. The normalized spacial score (nSPS) is 12.7. The molecule has 0 saturated carbocycles. The Hall–Kier alpha value is -3.96. The molecule has 1 N–H and O–H groups in total. The average molecular weight is 487 g/mol. The zero-order valence-corrected chi connectivity index (χ0v) is 19.6. The molecule has 0 aliphatic carbocycles. The van der Waals surface area contributed by atoms with Crippen LogP contribution in [0.5, 0.6) is 5.75 Å². The zero-order chi connectivity index (χ0) is 25.3. The molecule has 4 rings (SSSR count). The van der Waals surface area contributed by atoms with E-state index in [9.17, 15) is 18.0 Å². The van der Waals surface area contributed by atoms with Crippen LogP contribution in [0.2, 0.25) is 0 Å². The molecular formula is C23H24F3N7O2. The topological polar surface area (TPSA) is 99.2 Å². The van der Waals surface area contributed by atoms with Crippen molar-refractivity contribution >= 4 is 11.7 Å². The zero-order valence-electron chi connectivity index (χ0n) is 19.6. The number of rotatable bonds is 7. The molecule has 0 spiro atoms. The Balaban J connectivity index is 1.58. The van der Waals surface area contributed by atoms with Crippen molar-refractivity contribution in [2.75, 3.05) is 7.11 Å². The molecule has 1 atom stereocenters. The van der Waals surface area contributed by atoms with Gasteiger partial charge in [0, 0.05) is 42.8 Å². The minimum absolute atomic E-state index is 0.0752. The number of aromatic nitrogens is 6. The first-order valence-corrected chi connectivity index (χ1v) is 10.8. The van der Waals surface area contributed by atoms with Crippen LogP contribution in [-0.2, 0) is 24.4 Å². The molecule has 4 aromatic rings. The number of hydrogen-bond donors (Lipinski definition) is 1. The Bertz CT molecular complexity index is 1380. The van der Waals surface area contributed by atoms with Gasteiger partial charge in [0.25, 0.3) is 11.6 Å². The van der Waals surface area contributed by atoms with Crippen LogP contribution in [0.3, 0.4) is 0 Å². The van der Waals surface area contributed by atoms with Crippen molar-refractivity contribution in [3.8, 4) is 5.75 Å². The van der Waals surface area contributed by atoms with Gasteiger partial charge in [-0.2, -0.15) is 18.2 Å². The Morgan fingerprint density at radius 3 is 2.60 bits per heavy atom. The summed E-state index contributed by atoms with van der Waals surface area (Å²) in [6.45, 7) is 3.31. The van der Waals surface area contributed by atoms with Crippen molar-refractivity contribution in [3.05, 3.63) is 70.8 Å². The molecule has 35 heavy (non-hydrogen) atoms. The van der Waals surface area contributed by atoms with Crippen molar-refractivity contribution in [2.24, 2.45) is 7.05 Å². The van der Waals surface area contributed by atoms with Gasteiger partial charge in [0.1, 0.15) is 17.6 Å². The smallest absolute Gasteiger partial charge is 0.453 e. The second-order valence-electron chi connectivity index (χ2n) is 8.04. The summed E-state index contributed by atoms with van der Waals surface area (Å²) in [6, 6.07) is 6.78. The van der Waals surface area contributed by atoms with Crippen molar-refractivity contribution in [3.63, 3.8) is 0 Å². The second kappa shape index (κ2) is 9.35. The van der Waals surface area contributed by atoms with Crippen LogP contribution < -0.4 is 10.1 Å². The highest BCUT2D eigenvalue weighted by molar-refractivity contribution is 5.77. The number of nitrogens with zero attached hydrogens (tertiary/aromatic N) is 6. The lowest BCUT2D eigenvalue weighted by Gasteiger charge is -2.21. The number of alkyl halides is 3. The predicted octanol–water partition coefficient (Wildman–Crippen LogP) is 3.34. The number of benzene rings is 1. The first kappa shape index (κ1) is 24.2. The molecule has 9 nitrogen and oxygen atoms in total. The minimum atomic E-state index is -4.67. The maximum absolute atomic E-state index is 13.0. The van der Waals surface area contributed by atoms with E-state index in [1.807, 2.05) is 29.8 Å². The molecule has 0 saturated heterocycles. The van der Waals surface area contributed by atoms with Crippen LogP contribution in [0.4, 0.5) is 13.2 Å². The number of ether oxygens (including phenoxy) is 1. The lowest BCUT2D eigenvalue weighted by molar-refractivity contribution is -0.144. The summed E-state index contributed by atoms with van der Waals surface area (Å²) in [6.07, 6.45) is -0.916. The fourth-order valence-electron chi connectivity index (χ4n) is 4.00. The molecule has 12 heteroatoms. The van der Waals surface area contributed by atoms with E-state index < -0.39 is 18.0 Å². The van der Waals surface area contributed by atoms with Crippen LogP contribution >= 0.6 is 0 Å². The number of fused-ring (bicyclic) bond motifs is 1. The van der Waals surface area contributed by atoms with E-state index in [2.05, 4.69) is 25.4 Å². The van der Waals surface area contributed by atoms with Gasteiger partial charge in [0.15, 0.2) is 0 Å². The van der Waals surface area contributed by atoms with Gasteiger partial charge in [-0.3, -0.25) is 4.79 Å². The fraction of sp³-hybridized carbons (Fsp3) is 0.348. The summed E-state index contributed by atoms with van der Waals surface area (Å²) < 4.78 is 47.5. The number of imidazole rings is 1. The van der Waals surface area contributed by atoms with Gasteiger partial charge in [0.05, 0.1) is 7.11 Å². The maximum Gasteiger partial charge on any atom is 0.453 e. The summed E-state index contributed by atoms with van der Waals surface area (Å²) in [5.41, 5.74) is 2.33. The first-order chi connectivity index (χ1) is 16.6. The van der Waals surface area contributed by atoms with Gasteiger partial charge in [0.2, 0.25) is 5.91 Å².